The molecule has 0 aliphatic carbocycles. The van der Waals surface area contributed by atoms with E-state index in [1.165, 1.54) is 0 Å². The molecule has 1 aromatic carbocycles. The molecule has 1 heterocycles. The predicted octanol–water partition coefficient (Wildman–Crippen LogP) is 4.36. The summed E-state index contributed by atoms with van der Waals surface area (Å²) in [7, 11) is 0. The second-order valence-corrected chi connectivity index (χ2v) is 5.66. The lowest BCUT2D eigenvalue weighted by Crippen LogP contribution is -2.24. The number of nitrogens with one attached hydrogen (secondary N) is 1. The quantitative estimate of drug-likeness (QED) is 0.813. The van der Waals surface area contributed by atoms with Gasteiger partial charge in [0.25, 0.3) is 0 Å². The second-order valence-electron chi connectivity index (χ2n) is 5.26. The fourth-order valence-electron chi connectivity index (χ4n) is 2.06. The smallest absolute Gasteiger partial charge is 0.152 e. The third kappa shape index (κ3) is 2.70. The lowest BCUT2D eigenvalue weighted by atomic mass is 9.86. The van der Waals surface area contributed by atoms with Crippen LogP contribution in [0.1, 0.15) is 33.0 Å². The molecule has 0 aliphatic heterocycles. The standard InChI is InChI=1S/C15H20ClNO/c1-4-17-9-8-15(2,3)13-10-11-6-5-7-12(16)14(11)18-13/h5-7,10,17H,4,8-9H2,1-3H3. The highest BCUT2D eigenvalue weighted by atomic mass is 35.5. The fraction of sp³-hybridized carbons (Fsp3) is 0.467. The van der Waals surface area contributed by atoms with Crippen molar-refractivity contribution in [3.8, 4) is 0 Å². The Morgan fingerprint density at radius 1 is 1.33 bits per heavy atom. The summed E-state index contributed by atoms with van der Waals surface area (Å²) in [5.74, 6) is 1.00. The highest BCUT2D eigenvalue weighted by Crippen LogP contribution is 2.34. The topological polar surface area (TPSA) is 25.2 Å². The monoisotopic (exact) mass is 265 g/mol. The molecular formula is C15H20ClNO. The van der Waals surface area contributed by atoms with Gasteiger partial charge in [-0.1, -0.05) is 44.5 Å². The van der Waals surface area contributed by atoms with Gasteiger partial charge in [-0.2, -0.15) is 0 Å². The van der Waals surface area contributed by atoms with Crippen molar-refractivity contribution in [1.29, 1.82) is 0 Å². The first-order valence-electron chi connectivity index (χ1n) is 6.44. The van der Waals surface area contributed by atoms with Crippen LogP contribution in [0, 0.1) is 0 Å². The zero-order chi connectivity index (χ0) is 13.2. The molecule has 0 saturated carbocycles. The molecule has 0 spiro atoms. The van der Waals surface area contributed by atoms with E-state index in [2.05, 4.69) is 32.2 Å². The summed E-state index contributed by atoms with van der Waals surface area (Å²) in [6.45, 7) is 8.52. The van der Waals surface area contributed by atoms with E-state index in [1.54, 1.807) is 0 Å². The van der Waals surface area contributed by atoms with E-state index in [1.807, 2.05) is 18.2 Å². The van der Waals surface area contributed by atoms with Gasteiger partial charge in [0.1, 0.15) is 5.76 Å². The number of para-hydroxylation sites is 1. The number of fused-ring (bicyclic) bond motifs is 1. The Morgan fingerprint density at radius 2 is 2.11 bits per heavy atom. The summed E-state index contributed by atoms with van der Waals surface area (Å²) in [5, 5.41) is 5.11. The molecule has 18 heavy (non-hydrogen) atoms. The Bertz CT molecular complexity index is 530. The van der Waals surface area contributed by atoms with E-state index in [0.717, 1.165) is 36.2 Å². The molecule has 0 radical (unpaired) electrons. The van der Waals surface area contributed by atoms with Crippen LogP contribution in [0.2, 0.25) is 5.02 Å². The van der Waals surface area contributed by atoms with Crippen molar-refractivity contribution < 1.29 is 4.42 Å². The fourth-order valence-corrected chi connectivity index (χ4v) is 2.28. The van der Waals surface area contributed by atoms with Crippen LogP contribution < -0.4 is 5.32 Å². The number of benzene rings is 1. The highest BCUT2D eigenvalue weighted by Gasteiger charge is 2.24. The van der Waals surface area contributed by atoms with Crippen LogP contribution in [0.3, 0.4) is 0 Å². The number of furan rings is 1. The lowest BCUT2D eigenvalue weighted by Gasteiger charge is -2.21. The second kappa shape index (κ2) is 5.33. The minimum atomic E-state index is 0.0184. The molecule has 0 bridgehead atoms. The van der Waals surface area contributed by atoms with E-state index in [4.69, 9.17) is 16.0 Å². The van der Waals surface area contributed by atoms with Gasteiger partial charge in [0, 0.05) is 10.8 Å². The summed E-state index contributed by atoms with van der Waals surface area (Å²) >= 11 is 6.14. The lowest BCUT2D eigenvalue weighted by molar-refractivity contribution is 0.372. The molecule has 0 aliphatic rings. The summed E-state index contributed by atoms with van der Waals surface area (Å²) < 4.78 is 5.93. The number of halogens is 1. The largest absolute Gasteiger partial charge is 0.459 e. The molecular weight excluding hydrogens is 246 g/mol. The van der Waals surface area contributed by atoms with E-state index < -0.39 is 0 Å². The molecule has 98 valence electrons. The molecule has 0 saturated heterocycles. The molecule has 2 nitrogen and oxygen atoms in total. The van der Waals surface area contributed by atoms with Crippen LogP contribution in [0.15, 0.2) is 28.7 Å². The van der Waals surface area contributed by atoms with Crippen molar-refractivity contribution in [2.24, 2.45) is 0 Å². The zero-order valence-electron chi connectivity index (χ0n) is 11.2. The maximum absolute atomic E-state index is 6.14. The molecule has 0 unspecified atom stereocenters. The van der Waals surface area contributed by atoms with Gasteiger partial charge in [-0.25, -0.2) is 0 Å². The van der Waals surface area contributed by atoms with Crippen molar-refractivity contribution in [2.45, 2.75) is 32.6 Å². The van der Waals surface area contributed by atoms with E-state index in [9.17, 15) is 0 Å². The summed E-state index contributed by atoms with van der Waals surface area (Å²) in [6, 6.07) is 7.96. The minimum Gasteiger partial charge on any atom is -0.459 e. The Balaban J connectivity index is 2.27. The van der Waals surface area contributed by atoms with Crippen LogP contribution in [-0.4, -0.2) is 13.1 Å². The normalized spacial score (nSPS) is 12.2. The van der Waals surface area contributed by atoms with Crippen LogP contribution in [-0.2, 0) is 5.41 Å². The number of hydrogen-bond acceptors (Lipinski definition) is 2. The van der Waals surface area contributed by atoms with Gasteiger partial charge < -0.3 is 9.73 Å². The maximum atomic E-state index is 6.14. The SMILES string of the molecule is CCNCCC(C)(C)c1cc2cccc(Cl)c2o1. The summed E-state index contributed by atoms with van der Waals surface area (Å²) in [5.41, 5.74) is 0.815. The first-order chi connectivity index (χ1) is 8.54. The van der Waals surface area contributed by atoms with E-state index >= 15 is 0 Å². The van der Waals surface area contributed by atoms with E-state index in [0.29, 0.717) is 5.02 Å². The maximum Gasteiger partial charge on any atom is 0.152 e. The third-order valence-corrected chi connectivity index (χ3v) is 3.64. The Kier molecular flexibility index (Phi) is 3.98. The van der Waals surface area contributed by atoms with Crippen LogP contribution in [0.4, 0.5) is 0 Å². The van der Waals surface area contributed by atoms with Crippen LogP contribution >= 0.6 is 11.6 Å². The number of rotatable bonds is 5. The molecule has 0 fully saturated rings. The molecule has 3 heteroatoms. The molecule has 2 aromatic rings. The Labute approximate surface area is 113 Å². The van der Waals surface area contributed by atoms with Crippen molar-refractivity contribution in [1.82, 2.24) is 5.32 Å². The van der Waals surface area contributed by atoms with Crippen molar-refractivity contribution >= 4 is 22.6 Å². The third-order valence-electron chi connectivity index (χ3n) is 3.34. The molecule has 0 atom stereocenters. The Hall–Kier alpha value is -0.990. The predicted molar refractivity (Wildman–Crippen MR) is 77.4 cm³/mol. The van der Waals surface area contributed by atoms with Gasteiger partial charge in [-0.05, 0) is 31.6 Å². The number of hydrogen-bond donors (Lipinski definition) is 1. The van der Waals surface area contributed by atoms with Gasteiger partial charge in [-0.3, -0.25) is 0 Å². The average Bonchev–Trinajstić information content (AvgIpc) is 2.75. The first-order valence-corrected chi connectivity index (χ1v) is 6.81. The zero-order valence-corrected chi connectivity index (χ0v) is 12.0. The molecule has 1 aromatic heterocycles. The van der Waals surface area contributed by atoms with Gasteiger partial charge in [0.05, 0.1) is 5.02 Å². The summed E-state index contributed by atoms with van der Waals surface area (Å²) in [6.07, 6.45) is 1.04. The van der Waals surface area contributed by atoms with Gasteiger partial charge in [0.15, 0.2) is 5.58 Å². The van der Waals surface area contributed by atoms with E-state index in [-0.39, 0.29) is 5.41 Å². The van der Waals surface area contributed by atoms with Gasteiger partial charge in [0.2, 0.25) is 0 Å². The van der Waals surface area contributed by atoms with Crippen molar-refractivity contribution in [3.63, 3.8) is 0 Å². The van der Waals surface area contributed by atoms with Crippen molar-refractivity contribution in [3.05, 3.63) is 35.0 Å². The molecule has 2 rings (SSSR count). The average molecular weight is 266 g/mol. The van der Waals surface area contributed by atoms with Crippen LogP contribution in [0.25, 0.3) is 11.0 Å². The van der Waals surface area contributed by atoms with Gasteiger partial charge in [-0.15, -0.1) is 0 Å². The first kappa shape index (κ1) is 13.4. The summed E-state index contributed by atoms with van der Waals surface area (Å²) in [4.78, 5) is 0. The molecule has 1 N–H and O–H groups in total. The minimum absolute atomic E-state index is 0.0184. The highest BCUT2D eigenvalue weighted by molar-refractivity contribution is 6.34. The molecule has 0 amide bonds. The van der Waals surface area contributed by atoms with Crippen molar-refractivity contribution in [2.75, 3.05) is 13.1 Å². The van der Waals surface area contributed by atoms with Gasteiger partial charge >= 0.3 is 0 Å². The van der Waals surface area contributed by atoms with Crippen LogP contribution in [0.5, 0.6) is 0 Å². The Morgan fingerprint density at radius 3 is 2.78 bits per heavy atom.